The molecule has 0 aromatic heterocycles. The van der Waals surface area contributed by atoms with Crippen molar-refractivity contribution >= 4 is 0 Å². The van der Waals surface area contributed by atoms with Crippen LogP contribution >= 0.6 is 0 Å². The average molecular weight is 212 g/mol. The number of nitrogens with one attached hydrogen (secondary N) is 1. The first kappa shape index (κ1) is 13.0. The van der Waals surface area contributed by atoms with Gasteiger partial charge in [0, 0.05) is 6.04 Å². The van der Waals surface area contributed by atoms with E-state index in [0.29, 0.717) is 0 Å². The molecule has 90 valence electrons. The van der Waals surface area contributed by atoms with Crippen molar-refractivity contribution in [2.45, 2.75) is 52.5 Å². The van der Waals surface area contributed by atoms with Gasteiger partial charge in [-0.05, 0) is 51.4 Å². The largest absolute Gasteiger partial charge is 0.317 e. The highest BCUT2D eigenvalue weighted by Gasteiger charge is 2.33. The molecule has 0 bridgehead atoms. The first-order chi connectivity index (χ1) is 7.33. The molecule has 1 N–H and O–H groups in total. The molecule has 15 heavy (non-hydrogen) atoms. The van der Waals surface area contributed by atoms with Crippen molar-refractivity contribution < 1.29 is 0 Å². The molecule has 1 saturated carbocycles. The van der Waals surface area contributed by atoms with Gasteiger partial charge < -0.3 is 10.2 Å². The van der Waals surface area contributed by atoms with Crippen molar-refractivity contribution in [1.82, 2.24) is 10.2 Å². The second kappa shape index (κ2) is 7.24. The normalized spacial score (nSPS) is 25.6. The monoisotopic (exact) mass is 212 g/mol. The van der Waals surface area contributed by atoms with Gasteiger partial charge >= 0.3 is 0 Å². The Morgan fingerprint density at radius 1 is 1.20 bits per heavy atom. The molecule has 0 aromatic rings. The molecule has 0 aromatic carbocycles. The van der Waals surface area contributed by atoms with Crippen molar-refractivity contribution in [3.8, 4) is 0 Å². The minimum atomic E-state index is 0.876. The molecule has 0 radical (unpaired) electrons. The molecule has 2 nitrogen and oxygen atoms in total. The van der Waals surface area contributed by atoms with Gasteiger partial charge in [-0.2, -0.15) is 0 Å². The molecular formula is C13H28N2. The van der Waals surface area contributed by atoms with Gasteiger partial charge in [0.05, 0.1) is 0 Å². The lowest BCUT2D eigenvalue weighted by atomic mass is 9.78. The lowest BCUT2D eigenvalue weighted by molar-refractivity contribution is 0.0652. The van der Waals surface area contributed by atoms with Gasteiger partial charge in [-0.15, -0.1) is 0 Å². The highest BCUT2D eigenvalue weighted by molar-refractivity contribution is 4.89. The quantitative estimate of drug-likeness (QED) is 0.665. The Kier molecular flexibility index (Phi) is 6.26. The Labute approximate surface area is 95.4 Å². The third kappa shape index (κ3) is 3.76. The van der Waals surface area contributed by atoms with Crippen molar-refractivity contribution in [2.75, 3.05) is 26.2 Å². The fraction of sp³-hybridized carbons (Fsp3) is 1.00. The summed E-state index contributed by atoms with van der Waals surface area (Å²) in [4.78, 5) is 2.69. The van der Waals surface area contributed by atoms with Crippen molar-refractivity contribution in [3.05, 3.63) is 0 Å². The summed E-state index contributed by atoms with van der Waals surface area (Å²) in [5.41, 5.74) is 0. The fourth-order valence-electron chi connectivity index (χ4n) is 2.52. The van der Waals surface area contributed by atoms with Crippen molar-refractivity contribution in [2.24, 2.45) is 5.92 Å². The van der Waals surface area contributed by atoms with E-state index < -0.39 is 0 Å². The minimum absolute atomic E-state index is 0.876. The zero-order valence-corrected chi connectivity index (χ0v) is 10.8. The molecule has 2 atom stereocenters. The highest BCUT2D eigenvalue weighted by Crippen LogP contribution is 2.31. The third-order valence-electron chi connectivity index (χ3n) is 3.71. The Bertz CT molecular complexity index is 159. The van der Waals surface area contributed by atoms with Crippen LogP contribution in [0.3, 0.4) is 0 Å². The van der Waals surface area contributed by atoms with Crippen LogP contribution in [0.25, 0.3) is 0 Å². The third-order valence-corrected chi connectivity index (χ3v) is 3.71. The van der Waals surface area contributed by atoms with Crippen LogP contribution in [0.15, 0.2) is 0 Å². The second-order valence-corrected chi connectivity index (χ2v) is 4.69. The van der Waals surface area contributed by atoms with Gasteiger partial charge in [0.15, 0.2) is 0 Å². The smallest absolute Gasteiger partial charge is 0.0136 e. The molecule has 0 heterocycles. The average Bonchev–Trinajstić information content (AvgIpc) is 2.22. The van der Waals surface area contributed by atoms with Gasteiger partial charge in [-0.1, -0.05) is 27.2 Å². The number of hydrogen-bond acceptors (Lipinski definition) is 2. The Balaban J connectivity index is 2.26. The van der Waals surface area contributed by atoms with Gasteiger partial charge in [-0.25, -0.2) is 0 Å². The van der Waals surface area contributed by atoms with Crippen molar-refractivity contribution in [3.63, 3.8) is 0 Å². The predicted octanol–water partition coefficient (Wildman–Crippen LogP) is 2.50. The summed E-state index contributed by atoms with van der Waals surface area (Å²) in [5.74, 6) is 0.918. The maximum atomic E-state index is 3.49. The lowest BCUT2D eigenvalue weighted by Crippen LogP contribution is -2.50. The van der Waals surface area contributed by atoms with Crippen LogP contribution in [0, 0.1) is 5.92 Å². The first-order valence-electron chi connectivity index (χ1n) is 6.78. The lowest BCUT2D eigenvalue weighted by Gasteiger charge is -2.44. The Morgan fingerprint density at radius 2 is 2.00 bits per heavy atom. The molecule has 0 saturated heterocycles. The van der Waals surface area contributed by atoms with E-state index in [1.165, 1.54) is 45.3 Å². The maximum absolute atomic E-state index is 3.49. The standard InChI is InChI=1S/C13H28N2/c1-4-7-10-15(6-3)13-9-8-12(13)11-14-5-2/h12-14H,4-11H2,1-3H3. The topological polar surface area (TPSA) is 15.3 Å². The van der Waals surface area contributed by atoms with E-state index >= 15 is 0 Å². The molecule has 1 rings (SSSR count). The number of nitrogens with zero attached hydrogens (tertiary/aromatic N) is 1. The van der Waals surface area contributed by atoms with E-state index in [4.69, 9.17) is 0 Å². The van der Waals surface area contributed by atoms with E-state index in [0.717, 1.165) is 18.5 Å². The molecule has 1 aliphatic carbocycles. The summed E-state index contributed by atoms with van der Waals surface area (Å²) in [5, 5.41) is 3.49. The number of hydrogen-bond donors (Lipinski definition) is 1. The van der Waals surface area contributed by atoms with Crippen LogP contribution in [0.5, 0.6) is 0 Å². The van der Waals surface area contributed by atoms with E-state index in [-0.39, 0.29) is 0 Å². The fourth-order valence-corrected chi connectivity index (χ4v) is 2.52. The molecule has 0 aliphatic heterocycles. The van der Waals surface area contributed by atoms with Crippen LogP contribution in [0.2, 0.25) is 0 Å². The first-order valence-corrected chi connectivity index (χ1v) is 6.78. The Hall–Kier alpha value is -0.0800. The highest BCUT2D eigenvalue weighted by atomic mass is 15.2. The van der Waals surface area contributed by atoms with Crippen molar-refractivity contribution in [1.29, 1.82) is 0 Å². The molecule has 1 aliphatic rings. The van der Waals surface area contributed by atoms with E-state index in [1.54, 1.807) is 0 Å². The predicted molar refractivity (Wildman–Crippen MR) is 67.2 cm³/mol. The summed E-state index contributed by atoms with van der Waals surface area (Å²) >= 11 is 0. The van der Waals surface area contributed by atoms with Gasteiger partial charge in [-0.3, -0.25) is 0 Å². The van der Waals surface area contributed by atoms with E-state index in [1.807, 2.05) is 0 Å². The van der Waals surface area contributed by atoms with Crippen LogP contribution < -0.4 is 5.32 Å². The van der Waals surface area contributed by atoms with Gasteiger partial charge in [0.2, 0.25) is 0 Å². The van der Waals surface area contributed by atoms with E-state index in [2.05, 4.69) is 31.0 Å². The minimum Gasteiger partial charge on any atom is -0.317 e. The summed E-state index contributed by atoms with van der Waals surface area (Å²) < 4.78 is 0. The summed E-state index contributed by atoms with van der Waals surface area (Å²) in [6.45, 7) is 11.7. The zero-order chi connectivity index (χ0) is 11.1. The maximum Gasteiger partial charge on any atom is 0.0136 e. The van der Waals surface area contributed by atoms with Gasteiger partial charge in [0.1, 0.15) is 0 Å². The van der Waals surface area contributed by atoms with Gasteiger partial charge in [0.25, 0.3) is 0 Å². The summed E-state index contributed by atoms with van der Waals surface area (Å²) in [6.07, 6.45) is 5.53. The zero-order valence-electron chi connectivity index (χ0n) is 10.8. The Morgan fingerprint density at radius 3 is 2.47 bits per heavy atom. The summed E-state index contributed by atoms with van der Waals surface area (Å²) in [7, 11) is 0. The molecule has 0 spiro atoms. The molecule has 2 unspecified atom stereocenters. The van der Waals surface area contributed by atoms with E-state index in [9.17, 15) is 0 Å². The molecule has 1 fully saturated rings. The SMILES string of the molecule is CCCCN(CC)C1CCC1CNCC. The summed E-state index contributed by atoms with van der Waals surface area (Å²) in [6, 6.07) is 0.876. The van der Waals surface area contributed by atoms with Crippen LogP contribution in [0.4, 0.5) is 0 Å². The second-order valence-electron chi connectivity index (χ2n) is 4.69. The molecule has 0 amide bonds. The molecule has 2 heteroatoms. The number of rotatable bonds is 8. The van der Waals surface area contributed by atoms with Crippen LogP contribution in [-0.4, -0.2) is 37.1 Å². The number of unbranched alkanes of at least 4 members (excludes halogenated alkanes) is 1. The molecular weight excluding hydrogens is 184 g/mol. The van der Waals surface area contributed by atoms with Crippen LogP contribution in [-0.2, 0) is 0 Å². The van der Waals surface area contributed by atoms with Crippen LogP contribution in [0.1, 0.15) is 46.5 Å².